The summed E-state index contributed by atoms with van der Waals surface area (Å²) in [6.45, 7) is 5.29. The number of nitrogens with one attached hydrogen (secondary N) is 1. The molecule has 108 valence electrons. The number of hydrogen-bond donors (Lipinski definition) is 1. The van der Waals surface area contributed by atoms with Crippen LogP contribution in [0.3, 0.4) is 0 Å². The van der Waals surface area contributed by atoms with Crippen LogP contribution >= 0.6 is 11.8 Å². The van der Waals surface area contributed by atoms with Gasteiger partial charge in [-0.25, -0.2) is 4.98 Å². The van der Waals surface area contributed by atoms with Gasteiger partial charge in [0.25, 0.3) is 0 Å². The summed E-state index contributed by atoms with van der Waals surface area (Å²) in [5, 5.41) is 3.61. The summed E-state index contributed by atoms with van der Waals surface area (Å²) in [5.41, 5.74) is 2.39. The van der Waals surface area contributed by atoms with Crippen LogP contribution in [0.1, 0.15) is 25.6 Å². The molecule has 1 atom stereocenters. The van der Waals surface area contributed by atoms with Crippen molar-refractivity contribution < 1.29 is 0 Å². The van der Waals surface area contributed by atoms with Crippen LogP contribution < -0.4 is 5.32 Å². The first-order chi connectivity index (χ1) is 9.88. The van der Waals surface area contributed by atoms with E-state index in [2.05, 4.69) is 52.8 Å². The van der Waals surface area contributed by atoms with Gasteiger partial charge in [0, 0.05) is 6.54 Å². The van der Waals surface area contributed by atoms with Gasteiger partial charge in [-0.2, -0.15) is 11.8 Å². The lowest BCUT2D eigenvalue weighted by Gasteiger charge is -2.11. The molecule has 3 rings (SSSR count). The number of fused-ring (bicyclic) bond motifs is 1. The molecule has 2 aromatic rings. The molecule has 1 unspecified atom stereocenters. The molecule has 0 bridgehead atoms. The van der Waals surface area contributed by atoms with Gasteiger partial charge in [0.2, 0.25) is 0 Å². The van der Waals surface area contributed by atoms with Crippen molar-refractivity contribution in [2.75, 3.05) is 18.1 Å². The zero-order chi connectivity index (χ0) is 13.8. The van der Waals surface area contributed by atoms with E-state index in [0.717, 1.165) is 37.5 Å². The topological polar surface area (TPSA) is 29.9 Å². The second kappa shape index (κ2) is 6.64. The van der Waals surface area contributed by atoms with Crippen LogP contribution in [-0.2, 0) is 13.1 Å². The van der Waals surface area contributed by atoms with Gasteiger partial charge in [0.15, 0.2) is 0 Å². The molecule has 1 saturated heterocycles. The van der Waals surface area contributed by atoms with E-state index in [9.17, 15) is 0 Å². The molecule has 0 saturated carbocycles. The maximum atomic E-state index is 4.79. The predicted octanol–water partition coefficient (Wildman–Crippen LogP) is 3.29. The Morgan fingerprint density at radius 1 is 1.40 bits per heavy atom. The highest BCUT2D eigenvalue weighted by Crippen LogP contribution is 2.22. The van der Waals surface area contributed by atoms with E-state index in [1.807, 2.05) is 0 Å². The Hall–Kier alpha value is -1.00. The van der Waals surface area contributed by atoms with E-state index >= 15 is 0 Å². The zero-order valence-electron chi connectivity index (χ0n) is 12.1. The molecular formula is C16H23N3S. The molecule has 3 nitrogen and oxygen atoms in total. The van der Waals surface area contributed by atoms with Crippen molar-refractivity contribution in [1.82, 2.24) is 14.9 Å². The highest BCUT2D eigenvalue weighted by molar-refractivity contribution is 7.99. The monoisotopic (exact) mass is 289 g/mol. The van der Waals surface area contributed by atoms with Crippen molar-refractivity contribution in [3.63, 3.8) is 0 Å². The lowest BCUT2D eigenvalue weighted by Crippen LogP contribution is -2.24. The first-order valence-corrected chi connectivity index (χ1v) is 8.76. The second-order valence-corrected chi connectivity index (χ2v) is 6.68. The molecule has 0 aliphatic carbocycles. The number of imidazole rings is 1. The first kappa shape index (κ1) is 14.0. The van der Waals surface area contributed by atoms with Crippen molar-refractivity contribution >= 4 is 22.8 Å². The van der Waals surface area contributed by atoms with Crippen molar-refractivity contribution in [3.05, 3.63) is 30.1 Å². The summed E-state index contributed by atoms with van der Waals surface area (Å²) in [4.78, 5) is 4.79. The van der Waals surface area contributed by atoms with Crippen molar-refractivity contribution in [2.45, 2.75) is 32.9 Å². The maximum absolute atomic E-state index is 4.79. The van der Waals surface area contributed by atoms with Gasteiger partial charge >= 0.3 is 0 Å². The van der Waals surface area contributed by atoms with Gasteiger partial charge in [0.1, 0.15) is 5.82 Å². The summed E-state index contributed by atoms with van der Waals surface area (Å²) in [5.74, 6) is 4.68. The predicted molar refractivity (Wildman–Crippen MR) is 87.2 cm³/mol. The van der Waals surface area contributed by atoms with Crippen LogP contribution in [0.5, 0.6) is 0 Å². The summed E-state index contributed by atoms with van der Waals surface area (Å²) in [7, 11) is 0. The molecule has 1 aromatic carbocycles. The minimum Gasteiger partial charge on any atom is -0.327 e. The number of benzene rings is 1. The smallest absolute Gasteiger partial charge is 0.123 e. The molecule has 20 heavy (non-hydrogen) atoms. The number of aromatic nitrogens is 2. The van der Waals surface area contributed by atoms with E-state index in [1.165, 1.54) is 29.3 Å². The largest absolute Gasteiger partial charge is 0.327 e. The van der Waals surface area contributed by atoms with Crippen LogP contribution in [-0.4, -0.2) is 27.6 Å². The van der Waals surface area contributed by atoms with Crippen LogP contribution in [0.15, 0.2) is 24.3 Å². The standard InChI is InChI=1S/C16H23N3S/c1-2-8-19-15-6-4-3-5-14(15)18-16(19)11-17-10-13-7-9-20-12-13/h3-6,13,17H,2,7-12H2,1H3. The zero-order valence-corrected chi connectivity index (χ0v) is 13.0. The third-order valence-electron chi connectivity index (χ3n) is 3.92. The lowest BCUT2D eigenvalue weighted by molar-refractivity contribution is 0.506. The van der Waals surface area contributed by atoms with E-state index in [4.69, 9.17) is 4.98 Å². The number of thioether (sulfide) groups is 1. The molecule has 0 radical (unpaired) electrons. The third-order valence-corrected chi connectivity index (χ3v) is 5.15. The highest BCUT2D eigenvalue weighted by atomic mass is 32.2. The summed E-state index contributed by atoms with van der Waals surface area (Å²) in [6, 6.07) is 8.45. The van der Waals surface area contributed by atoms with E-state index in [0.29, 0.717) is 0 Å². The van der Waals surface area contributed by atoms with Crippen LogP contribution in [0.4, 0.5) is 0 Å². The van der Waals surface area contributed by atoms with Gasteiger partial charge in [-0.1, -0.05) is 19.1 Å². The van der Waals surface area contributed by atoms with Gasteiger partial charge in [-0.3, -0.25) is 0 Å². The minimum absolute atomic E-state index is 0.851. The summed E-state index contributed by atoms with van der Waals surface area (Å²) < 4.78 is 2.37. The Kier molecular flexibility index (Phi) is 4.63. The molecule has 1 fully saturated rings. The Balaban J connectivity index is 1.70. The van der Waals surface area contributed by atoms with Crippen molar-refractivity contribution in [2.24, 2.45) is 5.92 Å². The SMILES string of the molecule is CCCn1c(CNCC2CCSC2)nc2ccccc21. The number of rotatable bonds is 6. The summed E-state index contributed by atoms with van der Waals surface area (Å²) in [6.07, 6.45) is 2.51. The van der Waals surface area contributed by atoms with Gasteiger partial charge < -0.3 is 9.88 Å². The van der Waals surface area contributed by atoms with E-state index in [1.54, 1.807) is 0 Å². The molecule has 0 spiro atoms. The third kappa shape index (κ3) is 3.01. The average molecular weight is 289 g/mol. The number of hydrogen-bond acceptors (Lipinski definition) is 3. The number of para-hydroxylation sites is 2. The first-order valence-electron chi connectivity index (χ1n) is 7.61. The molecule has 1 aliphatic rings. The van der Waals surface area contributed by atoms with E-state index in [-0.39, 0.29) is 0 Å². The van der Waals surface area contributed by atoms with Crippen LogP contribution in [0.25, 0.3) is 11.0 Å². The van der Waals surface area contributed by atoms with Gasteiger partial charge in [-0.05, 0) is 48.9 Å². The Labute approximate surface area is 125 Å². The Morgan fingerprint density at radius 2 is 2.30 bits per heavy atom. The number of aryl methyl sites for hydroxylation is 1. The quantitative estimate of drug-likeness (QED) is 0.885. The molecular weight excluding hydrogens is 266 g/mol. The Bertz CT molecular complexity index is 558. The highest BCUT2D eigenvalue weighted by Gasteiger charge is 2.15. The molecule has 2 heterocycles. The van der Waals surface area contributed by atoms with Crippen molar-refractivity contribution in [3.8, 4) is 0 Å². The van der Waals surface area contributed by atoms with E-state index < -0.39 is 0 Å². The normalized spacial score (nSPS) is 18.9. The molecule has 4 heteroatoms. The van der Waals surface area contributed by atoms with Crippen molar-refractivity contribution in [1.29, 1.82) is 0 Å². The molecule has 1 N–H and O–H groups in total. The second-order valence-electron chi connectivity index (χ2n) is 5.53. The molecule has 1 aliphatic heterocycles. The summed E-state index contributed by atoms with van der Waals surface area (Å²) >= 11 is 2.08. The molecule has 0 amide bonds. The fourth-order valence-corrected chi connectivity index (χ4v) is 4.15. The minimum atomic E-state index is 0.851. The van der Waals surface area contributed by atoms with Crippen LogP contribution in [0, 0.1) is 5.92 Å². The Morgan fingerprint density at radius 3 is 3.10 bits per heavy atom. The fourth-order valence-electron chi connectivity index (χ4n) is 2.87. The average Bonchev–Trinajstić information content (AvgIpc) is 3.08. The fraction of sp³-hybridized carbons (Fsp3) is 0.562. The van der Waals surface area contributed by atoms with Gasteiger partial charge in [-0.15, -0.1) is 0 Å². The van der Waals surface area contributed by atoms with Crippen LogP contribution in [0.2, 0.25) is 0 Å². The van der Waals surface area contributed by atoms with Gasteiger partial charge in [0.05, 0.1) is 17.6 Å². The molecule has 1 aromatic heterocycles. The number of nitrogens with zero attached hydrogens (tertiary/aromatic N) is 2. The maximum Gasteiger partial charge on any atom is 0.123 e. The lowest BCUT2D eigenvalue weighted by atomic mass is 10.1.